The van der Waals surface area contributed by atoms with Crippen molar-refractivity contribution in [3.63, 3.8) is 0 Å². The number of nitrogens with zero attached hydrogens (tertiary/aromatic N) is 2. The molecule has 0 aliphatic carbocycles. The van der Waals surface area contributed by atoms with Crippen molar-refractivity contribution < 1.29 is 14.3 Å². The maximum Gasteiger partial charge on any atom is 0.352 e. The summed E-state index contributed by atoms with van der Waals surface area (Å²) < 4.78 is 14.7. The topological polar surface area (TPSA) is 66.0 Å². The number of carbonyl (C=O) groups is 1. The number of fused-ring (bicyclic) bond motifs is 1. The first kappa shape index (κ1) is 10.2. The van der Waals surface area contributed by atoms with Gasteiger partial charge in [0.05, 0.1) is 11.6 Å². The van der Waals surface area contributed by atoms with Gasteiger partial charge in [-0.05, 0) is 18.2 Å². The van der Waals surface area contributed by atoms with Gasteiger partial charge in [0.25, 0.3) is 0 Å². The summed E-state index contributed by atoms with van der Waals surface area (Å²) in [4.78, 5) is 10.9. The normalized spacial score (nSPS) is 10.2. The third kappa shape index (κ3) is 1.41. The quantitative estimate of drug-likeness (QED) is 0.838. The zero-order chi connectivity index (χ0) is 11.7. The second-order valence-corrected chi connectivity index (χ2v) is 3.25. The molecule has 0 amide bonds. The molecule has 0 bridgehead atoms. The number of hydrogen-bond donors (Lipinski definition) is 1. The van der Waals surface area contributed by atoms with Gasteiger partial charge in [0.1, 0.15) is 18.1 Å². The molecular weight excluding hydrogens is 211 g/mol. The Hall–Kier alpha value is -2.35. The Morgan fingerprint density at radius 1 is 1.56 bits per heavy atom. The number of hydrogen-bond acceptors (Lipinski definition) is 2. The predicted octanol–water partition coefficient (Wildman–Crippen LogP) is 2.00. The SMILES string of the molecule is N#CCn1c(C(=O)O)cc2c(F)cccc21. The van der Waals surface area contributed by atoms with E-state index in [1.54, 1.807) is 6.07 Å². The van der Waals surface area contributed by atoms with Gasteiger partial charge in [-0.15, -0.1) is 0 Å². The molecule has 1 N–H and O–H groups in total. The van der Waals surface area contributed by atoms with Crippen molar-refractivity contribution in [3.8, 4) is 6.07 Å². The van der Waals surface area contributed by atoms with Gasteiger partial charge in [0, 0.05) is 5.39 Å². The van der Waals surface area contributed by atoms with Gasteiger partial charge in [-0.2, -0.15) is 5.26 Å². The molecule has 0 spiro atoms. The van der Waals surface area contributed by atoms with Crippen molar-refractivity contribution in [1.82, 2.24) is 4.57 Å². The molecule has 0 radical (unpaired) electrons. The fourth-order valence-electron chi connectivity index (χ4n) is 1.67. The van der Waals surface area contributed by atoms with Crippen molar-refractivity contribution in [2.75, 3.05) is 0 Å². The van der Waals surface area contributed by atoms with Crippen molar-refractivity contribution in [3.05, 3.63) is 35.8 Å². The molecule has 0 fully saturated rings. The van der Waals surface area contributed by atoms with Gasteiger partial charge in [0.15, 0.2) is 0 Å². The van der Waals surface area contributed by atoms with Crippen LogP contribution in [0.4, 0.5) is 4.39 Å². The van der Waals surface area contributed by atoms with Gasteiger partial charge < -0.3 is 9.67 Å². The van der Waals surface area contributed by atoms with Crippen LogP contribution in [0.2, 0.25) is 0 Å². The Morgan fingerprint density at radius 2 is 2.31 bits per heavy atom. The summed E-state index contributed by atoms with van der Waals surface area (Å²) in [5.41, 5.74) is 0.334. The molecule has 4 nitrogen and oxygen atoms in total. The third-order valence-electron chi connectivity index (χ3n) is 2.34. The van der Waals surface area contributed by atoms with Gasteiger partial charge in [-0.3, -0.25) is 0 Å². The van der Waals surface area contributed by atoms with Crippen LogP contribution in [0, 0.1) is 17.1 Å². The number of halogens is 1. The van der Waals surface area contributed by atoms with Crippen LogP contribution in [0.5, 0.6) is 0 Å². The molecule has 0 saturated heterocycles. The Bertz CT molecular complexity index is 610. The molecule has 2 rings (SSSR count). The standard InChI is InChI=1S/C11H7FN2O2/c12-8-2-1-3-9-7(8)6-10(11(15)16)14(9)5-4-13/h1-3,6H,5H2,(H,15,16). The second kappa shape index (κ2) is 3.66. The molecule has 2 aromatic rings. The first-order valence-electron chi connectivity index (χ1n) is 4.53. The summed E-state index contributed by atoms with van der Waals surface area (Å²) in [6.45, 7) is -0.116. The van der Waals surface area contributed by atoms with Crippen LogP contribution in [0.15, 0.2) is 24.3 Å². The van der Waals surface area contributed by atoms with E-state index in [0.717, 1.165) is 0 Å². The summed E-state index contributed by atoms with van der Waals surface area (Å²) in [6, 6.07) is 7.42. The lowest BCUT2D eigenvalue weighted by molar-refractivity contribution is 0.0686. The summed E-state index contributed by atoms with van der Waals surface area (Å²) in [6.07, 6.45) is 0. The van der Waals surface area contributed by atoms with E-state index in [2.05, 4.69) is 0 Å². The van der Waals surface area contributed by atoms with Gasteiger partial charge in [0.2, 0.25) is 0 Å². The molecule has 1 aromatic heterocycles. The Labute approximate surface area is 90.1 Å². The molecule has 0 atom stereocenters. The molecule has 16 heavy (non-hydrogen) atoms. The van der Waals surface area contributed by atoms with Crippen molar-refractivity contribution in [2.45, 2.75) is 6.54 Å². The first-order valence-corrected chi connectivity index (χ1v) is 4.53. The fraction of sp³-hybridized carbons (Fsp3) is 0.0909. The number of carboxylic acid groups (broad SMARTS) is 1. The maximum absolute atomic E-state index is 13.4. The Morgan fingerprint density at radius 3 is 2.94 bits per heavy atom. The number of rotatable bonds is 2. The van der Waals surface area contributed by atoms with E-state index in [0.29, 0.717) is 5.52 Å². The van der Waals surface area contributed by atoms with Gasteiger partial charge >= 0.3 is 5.97 Å². The highest BCUT2D eigenvalue weighted by molar-refractivity contribution is 5.94. The average Bonchev–Trinajstić information content (AvgIpc) is 2.60. The molecule has 5 heteroatoms. The maximum atomic E-state index is 13.4. The van der Waals surface area contributed by atoms with Crippen LogP contribution in [0.25, 0.3) is 10.9 Å². The van der Waals surface area contributed by atoms with E-state index in [-0.39, 0.29) is 17.6 Å². The summed E-state index contributed by atoms with van der Waals surface area (Å²) >= 11 is 0. The minimum absolute atomic E-state index is 0.0818. The molecular formula is C11H7FN2O2. The fourth-order valence-corrected chi connectivity index (χ4v) is 1.67. The number of aromatic nitrogens is 1. The Kier molecular flexibility index (Phi) is 2.33. The van der Waals surface area contributed by atoms with Crippen LogP contribution >= 0.6 is 0 Å². The zero-order valence-electron chi connectivity index (χ0n) is 8.14. The highest BCUT2D eigenvalue weighted by atomic mass is 19.1. The van der Waals surface area contributed by atoms with Gasteiger partial charge in [-0.1, -0.05) is 6.07 Å². The minimum atomic E-state index is -1.18. The van der Waals surface area contributed by atoms with E-state index in [9.17, 15) is 9.18 Å². The molecule has 0 saturated carbocycles. The van der Waals surface area contributed by atoms with Crippen molar-refractivity contribution in [2.24, 2.45) is 0 Å². The van der Waals surface area contributed by atoms with E-state index in [1.807, 2.05) is 6.07 Å². The number of nitriles is 1. The second-order valence-electron chi connectivity index (χ2n) is 3.25. The predicted molar refractivity (Wildman–Crippen MR) is 54.5 cm³/mol. The van der Waals surface area contributed by atoms with Crippen molar-refractivity contribution >= 4 is 16.9 Å². The lowest BCUT2D eigenvalue weighted by Crippen LogP contribution is -2.07. The third-order valence-corrected chi connectivity index (χ3v) is 2.34. The van der Waals surface area contributed by atoms with E-state index in [4.69, 9.17) is 10.4 Å². The molecule has 1 heterocycles. The summed E-state index contributed by atoms with van der Waals surface area (Å²) in [5, 5.41) is 17.8. The highest BCUT2D eigenvalue weighted by Crippen LogP contribution is 2.22. The lowest BCUT2D eigenvalue weighted by Gasteiger charge is -2.01. The van der Waals surface area contributed by atoms with Gasteiger partial charge in [-0.25, -0.2) is 9.18 Å². The monoisotopic (exact) mass is 218 g/mol. The highest BCUT2D eigenvalue weighted by Gasteiger charge is 2.15. The van der Waals surface area contributed by atoms with E-state index >= 15 is 0 Å². The number of benzene rings is 1. The van der Waals surface area contributed by atoms with Crippen LogP contribution in [0.1, 0.15) is 10.5 Å². The lowest BCUT2D eigenvalue weighted by atomic mass is 10.2. The zero-order valence-corrected chi connectivity index (χ0v) is 8.14. The van der Waals surface area contributed by atoms with E-state index in [1.165, 1.54) is 22.8 Å². The molecule has 1 aromatic carbocycles. The molecule has 0 aliphatic rings. The van der Waals surface area contributed by atoms with Crippen LogP contribution in [-0.4, -0.2) is 15.6 Å². The molecule has 0 aliphatic heterocycles. The molecule has 0 unspecified atom stereocenters. The van der Waals surface area contributed by atoms with Crippen LogP contribution in [0.3, 0.4) is 0 Å². The molecule has 80 valence electrons. The summed E-state index contributed by atoms with van der Waals surface area (Å²) in [5.74, 6) is -1.66. The minimum Gasteiger partial charge on any atom is -0.477 e. The average molecular weight is 218 g/mol. The smallest absolute Gasteiger partial charge is 0.352 e. The number of aromatic carboxylic acids is 1. The first-order chi connectivity index (χ1) is 7.65. The van der Waals surface area contributed by atoms with Crippen molar-refractivity contribution in [1.29, 1.82) is 5.26 Å². The Balaban J connectivity index is 2.82. The van der Waals surface area contributed by atoms with E-state index < -0.39 is 11.8 Å². The summed E-state index contributed by atoms with van der Waals surface area (Å²) in [7, 11) is 0. The van der Waals surface area contributed by atoms with Crippen LogP contribution in [-0.2, 0) is 6.54 Å². The largest absolute Gasteiger partial charge is 0.477 e. The van der Waals surface area contributed by atoms with Crippen LogP contribution < -0.4 is 0 Å². The number of carboxylic acids is 1.